The second-order valence-electron chi connectivity index (χ2n) is 6.86. The minimum absolute atomic E-state index is 0.266. The zero-order chi connectivity index (χ0) is 17.9. The number of rotatable bonds is 4. The summed E-state index contributed by atoms with van der Waals surface area (Å²) in [5, 5.41) is 14.6. The molecule has 1 amide bonds. The first-order chi connectivity index (χ1) is 12.7. The van der Waals surface area contributed by atoms with Crippen LogP contribution in [-0.4, -0.2) is 57.0 Å². The van der Waals surface area contributed by atoms with Crippen molar-refractivity contribution in [2.24, 2.45) is 0 Å². The largest absolute Gasteiger partial charge is 0.355 e. The van der Waals surface area contributed by atoms with E-state index < -0.39 is 0 Å². The van der Waals surface area contributed by atoms with Gasteiger partial charge in [0.25, 0.3) is 5.91 Å². The molecule has 0 bridgehead atoms. The van der Waals surface area contributed by atoms with Crippen LogP contribution in [0, 0.1) is 6.92 Å². The molecule has 2 saturated heterocycles. The molecule has 2 aromatic rings. The first-order valence-corrected chi connectivity index (χ1v) is 9.23. The lowest BCUT2D eigenvalue weighted by atomic mass is 10.1. The number of anilines is 2. The van der Waals surface area contributed by atoms with E-state index in [1.54, 1.807) is 6.20 Å². The van der Waals surface area contributed by atoms with Crippen LogP contribution in [0.15, 0.2) is 12.5 Å². The van der Waals surface area contributed by atoms with Gasteiger partial charge in [-0.15, -0.1) is 5.10 Å². The van der Waals surface area contributed by atoms with Crippen LogP contribution >= 0.6 is 0 Å². The Hall–Kier alpha value is -2.55. The molecular formula is C17H24N8O. The quantitative estimate of drug-likeness (QED) is 0.847. The van der Waals surface area contributed by atoms with Gasteiger partial charge in [-0.2, -0.15) is 0 Å². The molecule has 9 nitrogen and oxygen atoms in total. The number of carbonyl (C=O) groups is 1. The van der Waals surface area contributed by atoms with Gasteiger partial charge in [0.2, 0.25) is 0 Å². The zero-order valence-electron chi connectivity index (χ0n) is 15.0. The van der Waals surface area contributed by atoms with Gasteiger partial charge in [0.05, 0.1) is 17.9 Å². The fourth-order valence-electron chi connectivity index (χ4n) is 3.72. The maximum atomic E-state index is 12.8. The molecule has 0 atom stereocenters. The number of amides is 1. The Morgan fingerprint density at radius 3 is 2.81 bits per heavy atom. The summed E-state index contributed by atoms with van der Waals surface area (Å²) in [6, 6.07) is 0.297. The van der Waals surface area contributed by atoms with Gasteiger partial charge in [0, 0.05) is 13.1 Å². The Morgan fingerprint density at radius 2 is 2.04 bits per heavy atom. The highest BCUT2D eigenvalue weighted by Crippen LogP contribution is 2.26. The van der Waals surface area contributed by atoms with Crippen molar-refractivity contribution in [3.63, 3.8) is 0 Å². The fourth-order valence-corrected chi connectivity index (χ4v) is 3.72. The van der Waals surface area contributed by atoms with Crippen LogP contribution in [0.1, 0.15) is 47.9 Å². The summed E-state index contributed by atoms with van der Waals surface area (Å²) in [4.78, 5) is 23.4. The van der Waals surface area contributed by atoms with Gasteiger partial charge in [-0.3, -0.25) is 4.79 Å². The van der Waals surface area contributed by atoms with Gasteiger partial charge >= 0.3 is 0 Å². The van der Waals surface area contributed by atoms with Crippen molar-refractivity contribution in [3.8, 4) is 0 Å². The number of nitrogens with one attached hydrogen (secondary N) is 2. The summed E-state index contributed by atoms with van der Waals surface area (Å²) in [7, 11) is 0. The second kappa shape index (κ2) is 7.36. The summed E-state index contributed by atoms with van der Waals surface area (Å²) in [6.07, 6.45) is 7.43. The number of carbonyl (C=O) groups excluding carboxylic acids is 1. The molecule has 2 aromatic heterocycles. The van der Waals surface area contributed by atoms with Crippen LogP contribution in [0.2, 0.25) is 0 Å². The van der Waals surface area contributed by atoms with E-state index in [0.29, 0.717) is 17.4 Å². The molecule has 0 aromatic carbocycles. The molecule has 9 heteroatoms. The number of hydrogen-bond acceptors (Lipinski definition) is 7. The lowest BCUT2D eigenvalue weighted by molar-refractivity contribution is 0.102. The maximum Gasteiger partial charge on any atom is 0.278 e. The molecule has 2 N–H and O–H groups in total. The topological polar surface area (TPSA) is 101 Å². The van der Waals surface area contributed by atoms with Crippen molar-refractivity contribution in [1.82, 2.24) is 30.3 Å². The molecule has 138 valence electrons. The summed E-state index contributed by atoms with van der Waals surface area (Å²) in [5.41, 5.74) is 1.78. The first-order valence-electron chi connectivity index (χ1n) is 9.23. The molecule has 0 spiro atoms. The third kappa shape index (κ3) is 3.26. The SMILES string of the molecule is Cc1c(C(=O)Nc2cncnc2N2CCCC2)nnn1C1CCNCC1. The van der Waals surface area contributed by atoms with Crippen LogP contribution < -0.4 is 15.5 Å². The average molecular weight is 356 g/mol. The molecule has 0 unspecified atom stereocenters. The Labute approximate surface area is 152 Å². The van der Waals surface area contributed by atoms with Gasteiger partial charge in [-0.05, 0) is 45.7 Å². The average Bonchev–Trinajstić information content (AvgIpc) is 3.33. The third-order valence-electron chi connectivity index (χ3n) is 5.14. The van der Waals surface area contributed by atoms with Crippen molar-refractivity contribution in [3.05, 3.63) is 23.9 Å². The maximum absolute atomic E-state index is 12.8. The van der Waals surface area contributed by atoms with Crippen LogP contribution in [0.3, 0.4) is 0 Å². The van der Waals surface area contributed by atoms with Gasteiger partial charge in [-0.1, -0.05) is 5.21 Å². The standard InChI is InChI=1S/C17H24N8O/c1-12-15(22-23-25(12)13-4-6-18-7-5-13)17(26)21-14-10-19-11-20-16(14)24-8-2-3-9-24/h10-11,13,18H,2-9H2,1H3,(H,21,26). The van der Waals surface area contributed by atoms with Crippen LogP contribution in [0.25, 0.3) is 0 Å². The van der Waals surface area contributed by atoms with Gasteiger partial charge in [-0.25, -0.2) is 14.6 Å². The zero-order valence-corrected chi connectivity index (χ0v) is 15.0. The Kier molecular flexibility index (Phi) is 4.79. The Balaban J connectivity index is 1.53. The number of hydrogen-bond donors (Lipinski definition) is 2. The molecule has 0 aliphatic carbocycles. The smallest absolute Gasteiger partial charge is 0.278 e. The van der Waals surface area contributed by atoms with E-state index in [9.17, 15) is 4.79 Å². The van der Waals surface area contributed by atoms with Crippen LogP contribution in [0.4, 0.5) is 11.5 Å². The molecule has 2 fully saturated rings. The predicted molar refractivity (Wildman–Crippen MR) is 97.3 cm³/mol. The molecule has 2 aliphatic rings. The van der Waals surface area contributed by atoms with Crippen LogP contribution in [0.5, 0.6) is 0 Å². The van der Waals surface area contributed by atoms with E-state index in [0.717, 1.165) is 63.4 Å². The fraction of sp³-hybridized carbons (Fsp3) is 0.588. The molecule has 2 aliphatic heterocycles. The summed E-state index contributed by atoms with van der Waals surface area (Å²) in [6.45, 7) is 5.73. The van der Waals surface area contributed by atoms with E-state index in [1.165, 1.54) is 6.33 Å². The summed E-state index contributed by atoms with van der Waals surface area (Å²) in [5.74, 6) is 0.507. The molecule has 26 heavy (non-hydrogen) atoms. The molecule has 0 radical (unpaired) electrons. The van der Waals surface area contributed by atoms with E-state index >= 15 is 0 Å². The highest BCUT2D eigenvalue weighted by molar-refractivity contribution is 6.04. The van der Waals surface area contributed by atoms with Crippen molar-refractivity contribution in [2.75, 3.05) is 36.4 Å². The lowest BCUT2D eigenvalue weighted by Gasteiger charge is -2.23. The van der Waals surface area contributed by atoms with Crippen molar-refractivity contribution in [1.29, 1.82) is 0 Å². The second-order valence-corrected chi connectivity index (χ2v) is 6.86. The number of piperidine rings is 1. The van der Waals surface area contributed by atoms with E-state index in [-0.39, 0.29) is 5.91 Å². The number of aromatic nitrogens is 5. The van der Waals surface area contributed by atoms with Gasteiger partial charge in [0.15, 0.2) is 11.5 Å². The molecular weight excluding hydrogens is 332 g/mol. The molecule has 4 heterocycles. The normalized spacial score (nSPS) is 18.3. The number of nitrogens with zero attached hydrogens (tertiary/aromatic N) is 6. The molecule has 4 rings (SSSR count). The third-order valence-corrected chi connectivity index (χ3v) is 5.14. The minimum atomic E-state index is -0.266. The minimum Gasteiger partial charge on any atom is -0.355 e. The Bertz CT molecular complexity index is 777. The van der Waals surface area contributed by atoms with E-state index in [4.69, 9.17) is 0 Å². The summed E-state index contributed by atoms with van der Waals surface area (Å²) < 4.78 is 1.89. The lowest BCUT2D eigenvalue weighted by Crippen LogP contribution is -2.30. The van der Waals surface area contributed by atoms with Gasteiger partial charge < -0.3 is 15.5 Å². The highest BCUT2D eigenvalue weighted by atomic mass is 16.2. The predicted octanol–water partition coefficient (Wildman–Crippen LogP) is 1.15. The van der Waals surface area contributed by atoms with E-state index in [2.05, 4.69) is 35.8 Å². The monoisotopic (exact) mass is 356 g/mol. The van der Waals surface area contributed by atoms with Crippen molar-refractivity contribution >= 4 is 17.4 Å². The first kappa shape index (κ1) is 16.9. The summed E-state index contributed by atoms with van der Waals surface area (Å²) >= 11 is 0. The van der Waals surface area contributed by atoms with Crippen LogP contribution in [-0.2, 0) is 0 Å². The van der Waals surface area contributed by atoms with Crippen molar-refractivity contribution < 1.29 is 4.79 Å². The van der Waals surface area contributed by atoms with Crippen molar-refractivity contribution in [2.45, 2.75) is 38.6 Å². The van der Waals surface area contributed by atoms with E-state index in [1.807, 2.05) is 11.6 Å². The Morgan fingerprint density at radius 1 is 1.27 bits per heavy atom. The highest BCUT2D eigenvalue weighted by Gasteiger charge is 2.24. The molecule has 0 saturated carbocycles. The van der Waals surface area contributed by atoms with Gasteiger partial charge in [0.1, 0.15) is 12.0 Å².